The second-order valence-corrected chi connectivity index (χ2v) is 4.58. The van der Waals surface area contributed by atoms with Gasteiger partial charge >= 0.3 is 0 Å². The Morgan fingerprint density at radius 1 is 1.09 bits per heavy atom. The van der Waals surface area contributed by atoms with E-state index in [0.29, 0.717) is 0 Å². The van der Waals surface area contributed by atoms with Crippen molar-refractivity contribution in [2.45, 2.75) is 6.42 Å². The Hall–Kier alpha value is -3.06. The van der Waals surface area contributed by atoms with Crippen molar-refractivity contribution < 1.29 is 17.6 Å². The molecule has 0 amide bonds. The van der Waals surface area contributed by atoms with E-state index in [1.165, 1.54) is 13.1 Å². The summed E-state index contributed by atoms with van der Waals surface area (Å²) in [6.07, 6.45) is -0.519. The molecule has 116 valence electrons. The summed E-state index contributed by atoms with van der Waals surface area (Å²) in [4.78, 5) is 3.41. The number of hydrogen-bond donors (Lipinski definition) is 1. The molecule has 2 aromatic carbocycles. The smallest absolute Gasteiger partial charge is 0.277 e. The summed E-state index contributed by atoms with van der Waals surface area (Å²) in [5, 5.41) is 9.03. The van der Waals surface area contributed by atoms with Crippen molar-refractivity contribution >= 4 is 5.69 Å². The van der Waals surface area contributed by atoms with Gasteiger partial charge in [0, 0.05) is 16.8 Å². The molecular weight excluding hydrogens is 310 g/mol. The van der Waals surface area contributed by atoms with E-state index in [1.54, 1.807) is 6.07 Å². The number of hydrogen-bond acceptors (Lipinski definition) is 2. The predicted molar refractivity (Wildman–Crippen MR) is 77.7 cm³/mol. The number of nitrogens with two attached hydrogens (primary N) is 1. The lowest BCUT2D eigenvalue weighted by atomic mass is 9.96. The molecule has 0 aliphatic rings. The van der Waals surface area contributed by atoms with Crippen LogP contribution in [0.3, 0.4) is 0 Å². The van der Waals surface area contributed by atoms with Crippen LogP contribution in [-0.4, -0.2) is 7.05 Å². The van der Waals surface area contributed by atoms with Gasteiger partial charge in [-0.15, -0.1) is 0 Å². The first-order valence-corrected chi connectivity index (χ1v) is 6.38. The van der Waals surface area contributed by atoms with Crippen LogP contribution in [0.4, 0.5) is 23.2 Å². The minimum Gasteiger partial charge on any atom is -0.399 e. The fourth-order valence-corrected chi connectivity index (χ4v) is 2.10. The lowest BCUT2D eigenvalue weighted by molar-refractivity contribution is 0.447. The largest absolute Gasteiger partial charge is 0.399 e. The predicted octanol–water partition coefficient (Wildman–Crippen LogP) is 3.87. The van der Waals surface area contributed by atoms with Gasteiger partial charge in [0.05, 0.1) is 17.2 Å². The van der Waals surface area contributed by atoms with Gasteiger partial charge in [-0.2, -0.15) is 5.26 Å². The number of nitriles is 1. The molecule has 0 bridgehead atoms. The molecule has 0 fully saturated rings. The molecule has 0 unspecified atom stereocenters. The Kier molecular flexibility index (Phi) is 4.52. The quantitative estimate of drug-likeness (QED) is 0.519. The summed E-state index contributed by atoms with van der Waals surface area (Å²) >= 11 is 0. The maximum absolute atomic E-state index is 14.3. The van der Waals surface area contributed by atoms with E-state index in [2.05, 4.69) is 10.9 Å². The zero-order valence-corrected chi connectivity index (χ0v) is 11.9. The van der Waals surface area contributed by atoms with Gasteiger partial charge in [0.1, 0.15) is 6.42 Å². The van der Waals surface area contributed by atoms with Crippen molar-refractivity contribution in [1.29, 1.82) is 5.26 Å². The van der Waals surface area contributed by atoms with Gasteiger partial charge in [0.15, 0.2) is 23.3 Å². The van der Waals surface area contributed by atoms with Crippen molar-refractivity contribution in [2.75, 3.05) is 12.8 Å². The molecule has 2 rings (SSSR count). The number of rotatable bonds is 2. The van der Waals surface area contributed by atoms with Crippen LogP contribution in [0.1, 0.15) is 11.1 Å². The summed E-state index contributed by atoms with van der Waals surface area (Å²) in [5.74, 6) is -6.26. The number of nitrogen functional groups attached to an aromatic ring is 1. The van der Waals surface area contributed by atoms with Crippen LogP contribution in [0.5, 0.6) is 0 Å². The molecule has 7 heteroatoms. The molecular formula is C16H10F4N3+. The number of nitrogens with zero attached hydrogens (tertiary/aromatic N) is 2. The monoisotopic (exact) mass is 320 g/mol. The van der Waals surface area contributed by atoms with Crippen LogP contribution >= 0.6 is 0 Å². The van der Waals surface area contributed by atoms with Gasteiger partial charge in [-0.25, -0.2) is 17.6 Å². The van der Waals surface area contributed by atoms with Crippen LogP contribution in [0.25, 0.3) is 16.0 Å². The van der Waals surface area contributed by atoms with Crippen molar-refractivity contribution in [3.8, 4) is 23.3 Å². The standard InChI is InChI=1S/C16H10F4N3/c1-23-5-4-11-13(17)15(19)12(16(20)14(11)18)10-3-2-9(22)6-8(10)7-21/h2-3,6H,4,22H2,1H3/q+1. The Morgan fingerprint density at radius 3 is 2.22 bits per heavy atom. The van der Waals surface area contributed by atoms with E-state index in [-0.39, 0.29) is 16.8 Å². The van der Waals surface area contributed by atoms with Gasteiger partial charge in [0.2, 0.25) is 0 Å². The summed E-state index contributed by atoms with van der Waals surface area (Å²) in [5.41, 5.74) is 3.42. The highest BCUT2D eigenvalue weighted by Gasteiger charge is 2.27. The molecule has 23 heavy (non-hydrogen) atoms. The molecule has 0 aromatic heterocycles. The van der Waals surface area contributed by atoms with E-state index in [0.717, 1.165) is 12.1 Å². The van der Waals surface area contributed by atoms with Crippen molar-refractivity contribution in [3.05, 3.63) is 57.4 Å². The number of benzene rings is 2. The maximum Gasteiger partial charge on any atom is 0.277 e. The topological polar surface area (TPSA) is 54.2 Å². The van der Waals surface area contributed by atoms with Crippen molar-refractivity contribution in [1.82, 2.24) is 0 Å². The van der Waals surface area contributed by atoms with E-state index in [1.807, 2.05) is 0 Å². The van der Waals surface area contributed by atoms with Gasteiger partial charge < -0.3 is 5.73 Å². The Morgan fingerprint density at radius 2 is 1.70 bits per heavy atom. The Balaban J connectivity index is 2.80. The van der Waals surface area contributed by atoms with E-state index >= 15 is 0 Å². The van der Waals surface area contributed by atoms with E-state index < -0.39 is 40.8 Å². The van der Waals surface area contributed by atoms with Crippen LogP contribution in [0, 0.1) is 40.7 Å². The average Bonchev–Trinajstić information content (AvgIpc) is 2.54. The number of anilines is 1. The minimum atomic E-state index is -1.59. The van der Waals surface area contributed by atoms with Crippen LogP contribution in [0.2, 0.25) is 0 Å². The molecule has 0 aliphatic carbocycles. The Bertz CT molecular complexity index is 860. The van der Waals surface area contributed by atoms with Crippen molar-refractivity contribution in [2.24, 2.45) is 0 Å². The molecule has 0 aliphatic heterocycles. The first kappa shape index (κ1) is 16.3. The maximum atomic E-state index is 14.3. The highest BCUT2D eigenvalue weighted by Crippen LogP contribution is 2.34. The van der Waals surface area contributed by atoms with Crippen LogP contribution in [0.15, 0.2) is 18.2 Å². The first-order chi connectivity index (χ1) is 10.9. The highest BCUT2D eigenvalue weighted by atomic mass is 19.2. The molecule has 0 heterocycles. The second kappa shape index (κ2) is 6.37. The molecule has 3 nitrogen and oxygen atoms in total. The Labute approximate surface area is 129 Å². The van der Waals surface area contributed by atoms with E-state index in [9.17, 15) is 17.6 Å². The zero-order chi connectivity index (χ0) is 17.1. The van der Waals surface area contributed by atoms with E-state index in [4.69, 9.17) is 11.0 Å². The fourth-order valence-electron chi connectivity index (χ4n) is 2.10. The van der Waals surface area contributed by atoms with Crippen LogP contribution in [-0.2, 0) is 6.42 Å². The van der Waals surface area contributed by atoms with Gasteiger partial charge in [-0.3, -0.25) is 0 Å². The number of halogens is 4. The van der Waals surface area contributed by atoms with Gasteiger partial charge in [0.25, 0.3) is 13.1 Å². The van der Waals surface area contributed by atoms with Crippen LogP contribution < -0.4 is 5.73 Å². The third-order valence-electron chi connectivity index (χ3n) is 3.20. The summed E-state index contributed by atoms with van der Waals surface area (Å²) in [7, 11) is 1.31. The molecule has 2 aromatic rings. The molecule has 0 radical (unpaired) electrons. The molecule has 2 N–H and O–H groups in total. The molecule has 0 saturated heterocycles. The van der Waals surface area contributed by atoms with Gasteiger partial charge in [-0.05, 0) is 12.1 Å². The minimum absolute atomic E-state index is 0.178. The average molecular weight is 320 g/mol. The van der Waals surface area contributed by atoms with Crippen molar-refractivity contribution in [3.63, 3.8) is 0 Å². The first-order valence-electron chi connectivity index (χ1n) is 6.38. The molecule has 0 atom stereocenters. The van der Waals surface area contributed by atoms with Gasteiger partial charge in [-0.1, -0.05) is 10.9 Å². The summed E-state index contributed by atoms with van der Waals surface area (Å²) < 4.78 is 56.6. The lowest BCUT2D eigenvalue weighted by Crippen LogP contribution is -2.06. The summed E-state index contributed by atoms with van der Waals surface area (Å²) in [6, 6.07) is 7.49. The second-order valence-electron chi connectivity index (χ2n) is 4.58. The summed E-state index contributed by atoms with van der Waals surface area (Å²) in [6.45, 7) is 0. The highest BCUT2D eigenvalue weighted by molar-refractivity contribution is 5.74. The third-order valence-corrected chi connectivity index (χ3v) is 3.20. The molecule has 0 saturated carbocycles. The third kappa shape index (κ3) is 2.82. The normalized spacial score (nSPS) is 9.91. The SMILES string of the molecule is C[N+]#CCc1c(F)c(F)c(-c2ccc(N)cc2C#N)c(F)c1F. The zero-order valence-electron chi connectivity index (χ0n) is 11.9. The lowest BCUT2D eigenvalue weighted by Gasteiger charge is -2.12. The molecule has 0 spiro atoms. The fraction of sp³-hybridized carbons (Fsp3) is 0.125.